The Morgan fingerprint density at radius 3 is 1.48 bits per heavy atom. The van der Waals surface area contributed by atoms with E-state index in [0.717, 1.165) is 19.3 Å². The predicted molar refractivity (Wildman–Crippen MR) is 235 cm³/mol. The van der Waals surface area contributed by atoms with Gasteiger partial charge in [-0.3, -0.25) is 4.79 Å². The first-order valence-electron chi connectivity index (χ1n) is 24.4. The summed E-state index contributed by atoms with van der Waals surface area (Å²) in [5, 5.41) is 85.6. The highest BCUT2D eigenvalue weighted by Gasteiger charge is 2.51. The highest BCUT2D eigenvalue weighted by molar-refractivity contribution is 5.76. The molecule has 0 aromatic carbocycles. The largest absolute Gasteiger partial charge is 0.394 e. The van der Waals surface area contributed by atoms with E-state index in [0.29, 0.717) is 6.42 Å². The molecule has 2 rings (SSSR count). The molecule has 2 aliphatic heterocycles. The molecule has 360 valence electrons. The molecule has 0 saturated carbocycles. The van der Waals surface area contributed by atoms with Crippen LogP contribution in [0.4, 0.5) is 0 Å². The summed E-state index contributed by atoms with van der Waals surface area (Å²) in [7, 11) is 0. The summed E-state index contributed by atoms with van der Waals surface area (Å²) in [6, 6.07) is -0.905. The van der Waals surface area contributed by atoms with Crippen LogP contribution in [0, 0.1) is 0 Å². The van der Waals surface area contributed by atoms with Crippen LogP contribution in [-0.2, 0) is 23.7 Å². The van der Waals surface area contributed by atoms with Gasteiger partial charge >= 0.3 is 0 Å². The van der Waals surface area contributed by atoms with Gasteiger partial charge in [0.2, 0.25) is 5.91 Å². The van der Waals surface area contributed by atoms with E-state index >= 15 is 0 Å². The highest BCUT2D eigenvalue weighted by atomic mass is 16.7. The topological polar surface area (TPSA) is 228 Å². The number of amides is 1. The Kier molecular flexibility index (Phi) is 32.1. The summed E-state index contributed by atoms with van der Waals surface area (Å²) in [5.41, 5.74) is 0. The number of aliphatic hydroxyl groups is 8. The van der Waals surface area contributed by atoms with Crippen molar-refractivity contribution in [2.45, 2.75) is 261 Å². The fourth-order valence-electron chi connectivity index (χ4n) is 8.22. The first-order valence-corrected chi connectivity index (χ1v) is 24.4. The Labute approximate surface area is 367 Å². The molecule has 0 bridgehead atoms. The molecule has 2 fully saturated rings. The van der Waals surface area contributed by atoms with Crippen LogP contribution in [0.5, 0.6) is 0 Å². The minimum atomic E-state index is -1.78. The van der Waals surface area contributed by atoms with E-state index in [2.05, 4.69) is 12.2 Å². The van der Waals surface area contributed by atoms with Crippen LogP contribution in [0.2, 0.25) is 0 Å². The number of ether oxygens (including phenoxy) is 4. The number of allylic oxidation sites excluding steroid dienone is 1. The number of carbonyl (C=O) groups excluding carboxylic acids is 1. The quantitative estimate of drug-likeness (QED) is 0.0274. The Morgan fingerprint density at radius 2 is 1.02 bits per heavy atom. The van der Waals surface area contributed by atoms with Crippen molar-refractivity contribution >= 4 is 5.91 Å². The zero-order chi connectivity index (χ0) is 44.7. The molecule has 9 N–H and O–H groups in total. The summed E-state index contributed by atoms with van der Waals surface area (Å²) in [4.78, 5) is 12.5. The number of nitrogens with one attached hydrogen (secondary N) is 1. The normalized spacial score (nSPS) is 28.0. The van der Waals surface area contributed by atoms with Crippen LogP contribution in [0.15, 0.2) is 12.2 Å². The van der Waals surface area contributed by atoms with Crippen LogP contribution >= 0.6 is 0 Å². The molecule has 1 amide bonds. The van der Waals surface area contributed by atoms with Gasteiger partial charge in [0.1, 0.15) is 48.8 Å². The van der Waals surface area contributed by atoms with Crippen molar-refractivity contribution < 1.29 is 64.6 Å². The van der Waals surface area contributed by atoms with Gasteiger partial charge in [0.15, 0.2) is 12.6 Å². The first kappa shape index (κ1) is 55.9. The number of unbranched alkanes of at least 4 members (excludes halogenated alkanes) is 24. The lowest BCUT2D eigenvalue weighted by atomic mass is 9.97. The number of hydrogen-bond acceptors (Lipinski definition) is 13. The Balaban J connectivity index is 1.59. The van der Waals surface area contributed by atoms with Gasteiger partial charge in [0.05, 0.1) is 32.0 Å². The number of hydrogen-bond donors (Lipinski definition) is 9. The van der Waals surface area contributed by atoms with Crippen molar-refractivity contribution in [1.29, 1.82) is 0 Å². The molecule has 0 radical (unpaired) electrons. The second kappa shape index (κ2) is 35.0. The molecule has 12 atom stereocenters. The maximum Gasteiger partial charge on any atom is 0.220 e. The molecule has 0 aromatic rings. The van der Waals surface area contributed by atoms with Crippen molar-refractivity contribution in [1.82, 2.24) is 5.32 Å². The van der Waals surface area contributed by atoms with E-state index in [9.17, 15) is 45.6 Å². The lowest BCUT2D eigenvalue weighted by Gasteiger charge is -2.46. The van der Waals surface area contributed by atoms with Crippen LogP contribution in [0.1, 0.15) is 187 Å². The average Bonchev–Trinajstić information content (AvgIpc) is 3.25. The molecule has 0 aromatic heterocycles. The van der Waals surface area contributed by atoms with Crippen LogP contribution < -0.4 is 5.32 Å². The van der Waals surface area contributed by atoms with Gasteiger partial charge in [-0.2, -0.15) is 0 Å². The molecule has 2 saturated heterocycles. The van der Waals surface area contributed by atoms with Crippen molar-refractivity contribution in [3.63, 3.8) is 0 Å². The molecule has 12 unspecified atom stereocenters. The van der Waals surface area contributed by atoms with Crippen molar-refractivity contribution in [3.05, 3.63) is 12.2 Å². The zero-order valence-electron chi connectivity index (χ0n) is 37.9. The Morgan fingerprint density at radius 1 is 0.574 bits per heavy atom. The third-order valence-electron chi connectivity index (χ3n) is 12.2. The molecular weight excluding hydrogens is 787 g/mol. The van der Waals surface area contributed by atoms with E-state index in [1.54, 1.807) is 6.08 Å². The maximum absolute atomic E-state index is 12.5. The fraction of sp³-hybridized carbons (Fsp3) is 0.936. The van der Waals surface area contributed by atoms with Gasteiger partial charge in [0.25, 0.3) is 0 Å². The molecular formula is C47H89NO13. The van der Waals surface area contributed by atoms with Gasteiger partial charge in [0, 0.05) is 6.42 Å². The van der Waals surface area contributed by atoms with Crippen LogP contribution in [-0.4, -0.2) is 140 Å². The summed E-state index contributed by atoms with van der Waals surface area (Å²) < 4.78 is 22.4. The summed E-state index contributed by atoms with van der Waals surface area (Å²) in [6.07, 6.45) is 20.4. The van der Waals surface area contributed by atoms with Gasteiger partial charge in [-0.25, -0.2) is 0 Å². The van der Waals surface area contributed by atoms with Gasteiger partial charge in [-0.15, -0.1) is 0 Å². The third-order valence-corrected chi connectivity index (χ3v) is 12.2. The first-order chi connectivity index (χ1) is 29.6. The average molecular weight is 876 g/mol. The summed E-state index contributed by atoms with van der Waals surface area (Å²) in [6.45, 7) is 2.42. The van der Waals surface area contributed by atoms with Crippen molar-refractivity contribution in [2.75, 3.05) is 19.8 Å². The minimum Gasteiger partial charge on any atom is -0.394 e. The van der Waals surface area contributed by atoms with Gasteiger partial charge < -0.3 is 65.1 Å². The fourth-order valence-corrected chi connectivity index (χ4v) is 8.22. The van der Waals surface area contributed by atoms with Gasteiger partial charge in [-0.05, 0) is 19.3 Å². The predicted octanol–water partition coefficient (Wildman–Crippen LogP) is 5.60. The number of rotatable bonds is 37. The molecule has 0 aliphatic carbocycles. The molecule has 2 heterocycles. The smallest absolute Gasteiger partial charge is 0.220 e. The van der Waals surface area contributed by atoms with Gasteiger partial charge in [-0.1, -0.05) is 174 Å². The van der Waals surface area contributed by atoms with Crippen molar-refractivity contribution in [3.8, 4) is 0 Å². The van der Waals surface area contributed by atoms with E-state index in [1.807, 2.05) is 13.0 Å². The zero-order valence-corrected chi connectivity index (χ0v) is 37.9. The summed E-state index contributed by atoms with van der Waals surface area (Å²) in [5.74, 6) is -0.292. The van der Waals surface area contributed by atoms with E-state index in [-0.39, 0.29) is 18.9 Å². The molecule has 61 heavy (non-hydrogen) atoms. The SMILES string of the molecule is CCCCCCCCCCCCCCCCCCCCCCCCCC/C=C/C(O)C(COC1OC(CO)C(OC2OC(CO)C(O)C(O)C2O)C(O)C1O)NC(=O)CCC. The summed E-state index contributed by atoms with van der Waals surface area (Å²) >= 11 is 0. The molecule has 2 aliphatic rings. The number of aliphatic hydroxyl groups excluding tert-OH is 8. The van der Waals surface area contributed by atoms with Crippen LogP contribution in [0.25, 0.3) is 0 Å². The highest BCUT2D eigenvalue weighted by Crippen LogP contribution is 2.30. The Hall–Kier alpha value is -1.27. The maximum atomic E-state index is 12.5. The lowest BCUT2D eigenvalue weighted by molar-refractivity contribution is -0.359. The molecule has 14 nitrogen and oxygen atoms in total. The second-order valence-electron chi connectivity index (χ2n) is 17.6. The minimum absolute atomic E-state index is 0.233. The second-order valence-corrected chi connectivity index (χ2v) is 17.6. The lowest BCUT2D eigenvalue weighted by Crippen LogP contribution is -2.65. The van der Waals surface area contributed by atoms with E-state index < -0.39 is 86.8 Å². The van der Waals surface area contributed by atoms with Crippen molar-refractivity contribution in [2.24, 2.45) is 0 Å². The van der Waals surface area contributed by atoms with E-state index in [4.69, 9.17) is 18.9 Å². The Bertz CT molecular complexity index is 1080. The standard InChI is InChI=1S/C47H89NO13/c1-3-5-6-7-8-9-10-11-12-13-14-15-16-17-18-19-20-21-22-23-24-25-26-27-28-29-31-36(51)35(48-39(52)30-4-2)34-58-46-44(57)42(55)45(38(33-50)60-46)61-47-43(56)41(54)40(53)37(32-49)59-47/h29,31,35-38,40-47,49-51,53-57H,3-28,30,32-34H2,1-2H3,(H,48,52)/b31-29+. The number of carbonyl (C=O) groups is 1. The van der Waals surface area contributed by atoms with Crippen LogP contribution in [0.3, 0.4) is 0 Å². The van der Waals surface area contributed by atoms with E-state index in [1.165, 1.54) is 141 Å². The molecule has 14 heteroatoms. The third kappa shape index (κ3) is 23.0. The molecule has 0 spiro atoms. The monoisotopic (exact) mass is 876 g/mol.